The Morgan fingerprint density at radius 2 is 2.09 bits per heavy atom. The number of hydrogen-bond acceptors (Lipinski definition) is 7. The van der Waals surface area contributed by atoms with Crippen molar-refractivity contribution in [2.45, 2.75) is 30.5 Å². The van der Waals surface area contributed by atoms with Gasteiger partial charge in [-0.15, -0.1) is 0 Å². The van der Waals surface area contributed by atoms with Gasteiger partial charge in [0.15, 0.2) is 16.7 Å². The molecule has 0 spiro atoms. The molecule has 1 atom stereocenters. The van der Waals surface area contributed by atoms with Gasteiger partial charge in [0.2, 0.25) is 12.7 Å². The van der Waals surface area contributed by atoms with Crippen LogP contribution in [0.2, 0.25) is 0 Å². The van der Waals surface area contributed by atoms with Crippen LogP contribution in [0.5, 0.6) is 17.2 Å². The number of rotatable bonds is 7. The van der Waals surface area contributed by atoms with Gasteiger partial charge in [-0.25, -0.2) is 14.4 Å². The fourth-order valence-electron chi connectivity index (χ4n) is 3.96. The number of carbonyl (C=O) groups is 1. The zero-order valence-electron chi connectivity index (χ0n) is 18.0. The average Bonchev–Trinajstić information content (AvgIpc) is 3.47. The summed E-state index contributed by atoms with van der Waals surface area (Å²) in [4.78, 5) is 21.0. The molecule has 1 unspecified atom stereocenters. The van der Waals surface area contributed by atoms with Crippen molar-refractivity contribution in [3.05, 3.63) is 59.5 Å². The highest BCUT2D eigenvalue weighted by Gasteiger charge is 2.28. The zero-order chi connectivity index (χ0) is 22.8. The van der Waals surface area contributed by atoms with E-state index in [1.807, 2.05) is 24.5 Å². The topological polar surface area (TPSA) is 82.6 Å². The molecule has 2 aromatic carbocycles. The molecule has 0 bridgehead atoms. The van der Waals surface area contributed by atoms with Crippen LogP contribution in [0.15, 0.2) is 47.8 Å². The predicted molar refractivity (Wildman–Crippen MR) is 121 cm³/mol. The van der Waals surface area contributed by atoms with Crippen molar-refractivity contribution in [3.8, 4) is 28.5 Å². The first kappa shape index (κ1) is 21.5. The molecule has 7 nitrogen and oxygen atoms in total. The van der Waals surface area contributed by atoms with E-state index < -0.39 is 0 Å². The van der Waals surface area contributed by atoms with Gasteiger partial charge in [-0.1, -0.05) is 17.8 Å². The Kier molecular flexibility index (Phi) is 6.04. The van der Waals surface area contributed by atoms with E-state index in [9.17, 15) is 9.18 Å². The quantitative estimate of drug-likeness (QED) is 0.418. The number of aryl methyl sites for hydroxylation is 1. The number of nitrogens with zero attached hydrogens (tertiary/aromatic N) is 2. The van der Waals surface area contributed by atoms with E-state index >= 15 is 0 Å². The number of aromatic nitrogens is 2. The van der Waals surface area contributed by atoms with E-state index in [1.165, 1.54) is 23.9 Å². The molecule has 2 aliphatic rings. The highest BCUT2D eigenvalue weighted by Crippen LogP contribution is 2.39. The van der Waals surface area contributed by atoms with E-state index in [1.54, 1.807) is 12.3 Å². The second-order valence-corrected chi connectivity index (χ2v) is 8.58. The Balaban J connectivity index is 1.19. The molecule has 0 saturated heterocycles. The summed E-state index contributed by atoms with van der Waals surface area (Å²) < 4.78 is 31.1. The van der Waals surface area contributed by atoms with Gasteiger partial charge in [0.1, 0.15) is 17.7 Å². The number of hydrogen-bond donors (Lipinski definition) is 1. The monoisotopic (exact) mass is 467 g/mol. The van der Waals surface area contributed by atoms with Gasteiger partial charge in [-0.2, -0.15) is 0 Å². The summed E-state index contributed by atoms with van der Waals surface area (Å²) in [6.45, 7) is 0.570. The zero-order valence-corrected chi connectivity index (χ0v) is 18.8. The lowest BCUT2D eigenvalue weighted by Crippen LogP contribution is -2.34. The van der Waals surface area contributed by atoms with Crippen LogP contribution in [-0.4, -0.2) is 41.6 Å². The lowest BCUT2D eigenvalue weighted by molar-refractivity contribution is -0.121. The van der Waals surface area contributed by atoms with Crippen molar-refractivity contribution in [1.29, 1.82) is 0 Å². The summed E-state index contributed by atoms with van der Waals surface area (Å²) in [6.07, 6.45) is 4.72. The van der Waals surface area contributed by atoms with Crippen molar-refractivity contribution < 1.29 is 23.4 Å². The van der Waals surface area contributed by atoms with Crippen LogP contribution in [0, 0.1) is 5.82 Å². The SMILES string of the molecule is CSc1nccc(-c2cc(F)cc3c2OC(CNC(=O)CCc2ccc4c(c2)OCO4)C3)n1. The molecule has 1 amide bonds. The van der Waals surface area contributed by atoms with Gasteiger partial charge >= 0.3 is 0 Å². The van der Waals surface area contributed by atoms with Crippen LogP contribution in [0.4, 0.5) is 4.39 Å². The number of amides is 1. The molecule has 5 rings (SSSR count). The Bertz CT molecular complexity index is 1210. The van der Waals surface area contributed by atoms with Crippen molar-refractivity contribution in [2.24, 2.45) is 0 Å². The molecule has 0 aliphatic carbocycles. The van der Waals surface area contributed by atoms with Gasteiger partial charge in [0.25, 0.3) is 0 Å². The van der Waals surface area contributed by atoms with Gasteiger partial charge < -0.3 is 19.5 Å². The standard InChI is InChI=1S/C24H22FN3O4S/c1-33-24-26-7-6-19(28-24)18-11-16(25)9-15-10-17(32-23(15)18)12-27-22(29)5-3-14-2-4-20-21(8-14)31-13-30-20/h2,4,6-9,11,17H,3,5,10,12-13H2,1H3,(H,27,29). The molecular formula is C24H22FN3O4S. The molecule has 3 aromatic rings. The molecule has 3 heterocycles. The fourth-order valence-corrected chi connectivity index (χ4v) is 4.31. The maximum Gasteiger partial charge on any atom is 0.231 e. The second-order valence-electron chi connectivity index (χ2n) is 7.81. The Morgan fingerprint density at radius 3 is 2.97 bits per heavy atom. The Morgan fingerprint density at radius 1 is 1.21 bits per heavy atom. The van der Waals surface area contributed by atoms with Gasteiger partial charge in [0, 0.05) is 30.2 Å². The lowest BCUT2D eigenvalue weighted by Gasteiger charge is -2.14. The van der Waals surface area contributed by atoms with Crippen LogP contribution >= 0.6 is 11.8 Å². The van der Waals surface area contributed by atoms with Gasteiger partial charge in [0.05, 0.1) is 12.2 Å². The largest absolute Gasteiger partial charge is 0.487 e. The minimum Gasteiger partial charge on any atom is -0.487 e. The first-order chi connectivity index (χ1) is 16.1. The Hall–Kier alpha value is -3.33. The van der Waals surface area contributed by atoms with Crippen molar-refractivity contribution >= 4 is 17.7 Å². The van der Waals surface area contributed by atoms with Crippen LogP contribution in [0.3, 0.4) is 0 Å². The molecule has 0 fully saturated rings. The average molecular weight is 468 g/mol. The number of halogens is 1. The number of thioether (sulfide) groups is 1. The summed E-state index contributed by atoms with van der Waals surface area (Å²) in [5, 5.41) is 3.54. The lowest BCUT2D eigenvalue weighted by atomic mass is 10.0. The van der Waals surface area contributed by atoms with E-state index in [0.717, 1.165) is 16.9 Å². The number of ether oxygens (including phenoxy) is 3. The molecule has 1 N–H and O–H groups in total. The summed E-state index contributed by atoms with van der Waals surface area (Å²) in [5.74, 6) is 1.64. The normalized spacial score (nSPS) is 15.8. The number of carbonyl (C=O) groups excluding carboxylic acids is 1. The molecule has 9 heteroatoms. The van der Waals surface area contributed by atoms with E-state index in [2.05, 4.69) is 15.3 Å². The van der Waals surface area contributed by atoms with Crippen LogP contribution in [-0.2, 0) is 17.6 Å². The highest BCUT2D eigenvalue weighted by molar-refractivity contribution is 7.98. The minimum atomic E-state index is -0.343. The van der Waals surface area contributed by atoms with Crippen LogP contribution in [0.1, 0.15) is 17.5 Å². The molecule has 0 saturated carbocycles. The fraction of sp³-hybridized carbons (Fsp3) is 0.292. The maximum absolute atomic E-state index is 14.3. The van der Waals surface area contributed by atoms with E-state index in [-0.39, 0.29) is 24.6 Å². The van der Waals surface area contributed by atoms with Crippen molar-refractivity contribution in [2.75, 3.05) is 19.6 Å². The molecule has 33 heavy (non-hydrogen) atoms. The number of fused-ring (bicyclic) bond motifs is 2. The van der Waals surface area contributed by atoms with Crippen molar-refractivity contribution in [3.63, 3.8) is 0 Å². The Labute approximate surface area is 194 Å². The first-order valence-corrected chi connectivity index (χ1v) is 11.8. The predicted octanol–water partition coefficient (Wildman–Crippen LogP) is 3.79. The molecule has 0 radical (unpaired) electrons. The van der Waals surface area contributed by atoms with Gasteiger partial charge in [-0.05, 0) is 48.6 Å². The summed E-state index contributed by atoms with van der Waals surface area (Å²) >= 11 is 1.42. The van der Waals surface area contributed by atoms with E-state index in [0.29, 0.717) is 53.7 Å². The third-order valence-electron chi connectivity index (χ3n) is 5.56. The molecule has 2 aliphatic heterocycles. The van der Waals surface area contributed by atoms with E-state index in [4.69, 9.17) is 14.2 Å². The third kappa shape index (κ3) is 4.73. The second kappa shape index (κ2) is 9.27. The van der Waals surface area contributed by atoms with Crippen LogP contribution < -0.4 is 19.5 Å². The first-order valence-electron chi connectivity index (χ1n) is 10.6. The number of nitrogens with one attached hydrogen (secondary N) is 1. The molecule has 170 valence electrons. The molecule has 1 aromatic heterocycles. The summed E-state index contributed by atoms with van der Waals surface area (Å²) in [6, 6.07) is 10.3. The minimum absolute atomic E-state index is 0.0703. The highest BCUT2D eigenvalue weighted by atomic mass is 32.2. The van der Waals surface area contributed by atoms with Gasteiger partial charge in [-0.3, -0.25) is 4.79 Å². The maximum atomic E-state index is 14.3. The number of benzene rings is 2. The third-order valence-corrected chi connectivity index (χ3v) is 6.12. The smallest absolute Gasteiger partial charge is 0.231 e. The summed E-state index contributed by atoms with van der Waals surface area (Å²) in [5.41, 5.74) is 2.99. The molecular weight excluding hydrogens is 445 g/mol. The van der Waals surface area contributed by atoms with Crippen LogP contribution in [0.25, 0.3) is 11.3 Å². The van der Waals surface area contributed by atoms with Crippen molar-refractivity contribution in [1.82, 2.24) is 15.3 Å². The summed E-state index contributed by atoms with van der Waals surface area (Å²) in [7, 11) is 0.